The van der Waals surface area contributed by atoms with Gasteiger partial charge in [0.15, 0.2) is 0 Å². The van der Waals surface area contributed by atoms with E-state index < -0.39 is 0 Å². The third-order valence-corrected chi connectivity index (χ3v) is 3.72. The summed E-state index contributed by atoms with van der Waals surface area (Å²) in [5.41, 5.74) is 2.91. The van der Waals surface area contributed by atoms with E-state index in [9.17, 15) is 5.11 Å². The van der Waals surface area contributed by atoms with Crippen molar-refractivity contribution in [2.24, 2.45) is 0 Å². The summed E-state index contributed by atoms with van der Waals surface area (Å²) in [7, 11) is 0. The quantitative estimate of drug-likeness (QED) is 0.917. The lowest BCUT2D eigenvalue weighted by Crippen LogP contribution is -2.22. The van der Waals surface area contributed by atoms with Gasteiger partial charge in [-0.15, -0.1) is 0 Å². The van der Waals surface area contributed by atoms with Gasteiger partial charge < -0.3 is 10.0 Å². The number of aliphatic hydroxyl groups excluding tert-OH is 1. The molecule has 0 spiro atoms. The third-order valence-electron chi connectivity index (χ3n) is 3.72. The minimum Gasteiger partial charge on any atom is -0.391 e. The fourth-order valence-electron chi connectivity index (χ4n) is 2.74. The number of rotatable bonds is 3. The molecular weight excluding hydrogens is 238 g/mol. The molecular formula is C15H19N3O. The second kappa shape index (κ2) is 5.05. The summed E-state index contributed by atoms with van der Waals surface area (Å²) in [5, 5.41) is 14.3. The number of benzene rings is 1. The molecule has 100 valence electrons. The molecule has 19 heavy (non-hydrogen) atoms. The first-order valence-electron chi connectivity index (χ1n) is 6.81. The van der Waals surface area contributed by atoms with Crippen LogP contribution in [0.15, 0.2) is 30.3 Å². The molecule has 0 unspecified atom stereocenters. The highest BCUT2D eigenvalue weighted by atomic mass is 16.3. The Labute approximate surface area is 113 Å². The lowest BCUT2D eigenvalue weighted by molar-refractivity contribution is 0.281. The predicted molar refractivity (Wildman–Crippen MR) is 75.7 cm³/mol. The molecule has 1 aromatic heterocycles. The van der Waals surface area contributed by atoms with Crippen LogP contribution in [0.4, 0.5) is 5.82 Å². The molecule has 0 aliphatic carbocycles. The van der Waals surface area contributed by atoms with Crippen molar-refractivity contribution >= 4 is 5.82 Å². The number of nitrogens with zero attached hydrogens (tertiary/aromatic N) is 3. The van der Waals surface area contributed by atoms with Gasteiger partial charge in [0, 0.05) is 18.7 Å². The predicted octanol–water partition coefficient (Wildman–Crippen LogP) is 2.27. The molecule has 1 aliphatic rings. The summed E-state index contributed by atoms with van der Waals surface area (Å²) in [6.07, 6.45) is 2.42. The van der Waals surface area contributed by atoms with Gasteiger partial charge in [0.1, 0.15) is 5.82 Å². The van der Waals surface area contributed by atoms with Crippen LogP contribution in [0.5, 0.6) is 0 Å². The summed E-state index contributed by atoms with van der Waals surface area (Å²) >= 11 is 0. The van der Waals surface area contributed by atoms with Gasteiger partial charge in [-0.25, -0.2) is 4.68 Å². The maximum atomic E-state index is 9.64. The van der Waals surface area contributed by atoms with E-state index in [1.165, 1.54) is 12.8 Å². The van der Waals surface area contributed by atoms with Crippen LogP contribution in [-0.4, -0.2) is 28.0 Å². The third kappa shape index (κ3) is 2.12. The van der Waals surface area contributed by atoms with E-state index in [1.54, 1.807) is 0 Å². The van der Waals surface area contributed by atoms with E-state index in [1.807, 2.05) is 41.9 Å². The minimum atomic E-state index is 0.0461. The van der Waals surface area contributed by atoms with Crippen LogP contribution in [0.25, 0.3) is 5.69 Å². The average Bonchev–Trinajstić information content (AvgIpc) is 3.06. The zero-order valence-electron chi connectivity index (χ0n) is 11.2. The molecule has 3 rings (SSSR count). The molecule has 1 aliphatic heterocycles. The van der Waals surface area contributed by atoms with Gasteiger partial charge in [-0.05, 0) is 31.9 Å². The molecule has 0 amide bonds. The molecule has 0 saturated carbocycles. The first kappa shape index (κ1) is 12.2. The van der Waals surface area contributed by atoms with Gasteiger partial charge >= 0.3 is 0 Å². The summed E-state index contributed by atoms with van der Waals surface area (Å²) in [6, 6.07) is 10.1. The van der Waals surface area contributed by atoms with E-state index in [4.69, 9.17) is 0 Å². The highest BCUT2D eigenvalue weighted by Gasteiger charge is 2.23. The standard InChI is InChI=1S/C15H19N3O/c1-12-14(11-19)15(17-9-5-6-10-17)18(16-12)13-7-3-2-4-8-13/h2-4,7-8,19H,5-6,9-11H2,1H3. The van der Waals surface area contributed by atoms with Crippen LogP contribution in [0.2, 0.25) is 0 Å². The number of hydrogen-bond donors (Lipinski definition) is 1. The maximum absolute atomic E-state index is 9.64. The summed E-state index contributed by atoms with van der Waals surface area (Å²) < 4.78 is 1.96. The van der Waals surface area contributed by atoms with Crippen LogP contribution in [-0.2, 0) is 6.61 Å². The number of hydrogen-bond acceptors (Lipinski definition) is 3. The lowest BCUT2D eigenvalue weighted by Gasteiger charge is -2.20. The SMILES string of the molecule is Cc1nn(-c2ccccc2)c(N2CCCC2)c1CO. The summed E-state index contributed by atoms with van der Waals surface area (Å²) in [6.45, 7) is 4.10. The van der Waals surface area contributed by atoms with Crippen LogP contribution in [0, 0.1) is 6.92 Å². The Hall–Kier alpha value is -1.81. The number of aryl methyl sites for hydroxylation is 1. The van der Waals surface area contributed by atoms with E-state index in [0.29, 0.717) is 0 Å². The summed E-state index contributed by atoms with van der Waals surface area (Å²) in [5.74, 6) is 1.06. The van der Waals surface area contributed by atoms with Gasteiger partial charge in [-0.1, -0.05) is 18.2 Å². The van der Waals surface area contributed by atoms with Gasteiger partial charge in [-0.3, -0.25) is 0 Å². The summed E-state index contributed by atoms with van der Waals surface area (Å²) in [4.78, 5) is 2.33. The van der Waals surface area contributed by atoms with Crippen LogP contribution in [0.1, 0.15) is 24.1 Å². The van der Waals surface area contributed by atoms with Gasteiger partial charge in [0.25, 0.3) is 0 Å². The van der Waals surface area contributed by atoms with Crippen molar-refractivity contribution in [3.63, 3.8) is 0 Å². The van der Waals surface area contributed by atoms with E-state index in [2.05, 4.69) is 10.00 Å². The molecule has 2 aromatic rings. The lowest BCUT2D eigenvalue weighted by atomic mass is 10.2. The Morgan fingerprint density at radius 3 is 2.47 bits per heavy atom. The van der Waals surface area contributed by atoms with Crippen LogP contribution < -0.4 is 4.90 Å². The van der Waals surface area contributed by atoms with Crippen molar-refractivity contribution in [2.75, 3.05) is 18.0 Å². The van der Waals surface area contributed by atoms with Crippen molar-refractivity contribution < 1.29 is 5.11 Å². The molecule has 2 heterocycles. The van der Waals surface area contributed by atoms with Gasteiger partial charge in [-0.2, -0.15) is 5.10 Å². The molecule has 4 heteroatoms. The normalized spacial score (nSPS) is 15.2. The van der Waals surface area contributed by atoms with E-state index >= 15 is 0 Å². The molecule has 4 nitrogen and oxygen atoms in total. The fraction of sp³-hybridized carbons (Fsp3) is 0.400. The topological polar surface area (TPSA) is 41.3 Å². The van der Waals surface area contributed by atoms with Crippen molar-refractivity contribution in [2.45, 2.75) is 26.4 Å². The van der Waals surface area contributed by atoms with Crippen LogP contribution >= 0.6 is 0 Å². The van der Waals surface area contributed by atoms with Gasteiger partial charge in [0.05, 0.1) is 18.0 Å². The van der Waals surface area contributed by atoms with Crippen molar-refractivity contribution in [3.05, 3.63) is 41.6 Å². The van der Waals surface area contributed by atoms with Crippen molar-refractivity contribution in [1.29, 1.82) is 0 Å². The highest BCUT2D eigenvalue weighted by molar-refractivity contribution is 5.55. The monoisotopic (exact) mass is 257 g/mol. The Morgan fingerprint density at radius 1 is 1.16 bits per heavy atom. The Kier molecular flexibility index (Phi) is 3.25. The molecule has 1 fully saturated rings. The first-order valence-corrected chi connectivity index (χ1v) is 6.81. The average molecular weight is 257 g/mol. The van der Waals surface area contributed by atoms with Crippen molar-refractivity contribution in [1.82, 2.24) is 9.78 Å². The largest absolute Gasteiger partial charge is 0.391 e. The first-order chi connectivity index (χ1) is 9.31. The molecule has 1 aromatic carbocycles. The molecule has 0 radical (unpaired) electrons. The molecule has 0 atom stereocenters. The zero-order chi connectivity index (χ0) is 13.2. The van der Waals surface area contributed by atoms with Gasteiger partial charge in [0.2, 0.25) is 0 Å². The smallest absolute Gasteiger partial charge is 0.138 e. The van der Waals surface area contributed by atoms with Crippen molar-refractivity contribution in [3.8, 4) is 5.69 Å². The molecule has 1 N–H and O–H groups in total. The van der Waals surface area contributed by atoms with Crippen LogP contribution in [0.3, 0.4) is 0 Å². The van der Waals surface area contributed by atoms with E-state index in [-0.39, 0.29) is 6.61 Å². The number of aromatic nitrogens is 2. The fourth-order valence-corrected chi connectivity index (χ4v) is 2.74. The maximum Gasteiger partial charge on any atom is 0.138 e. The second-order valence-corrected chi connectivity index (χ2v) is 4.99. The Bertz CT molecular complexity index is 556. The second-order valence-electron chi connectivity index (χ2n) is 4.99. The molecule has 0 bridgehead atoms. The Morgan fingerprint density at radius 2 is 1.84 bits per heavy atom. The number of para-hydroxylation sites is 1. The Balaban J connectivity index is 2.13. The number of aliphatic hydroxyl groups is 1. The number of anilines is 1. The van der Waals surface area contributed by atoms with E-state index in [0.717, 1.165) is 35.9 Å². The molecule has 1 saturated heterocycles. The minimum absolute atomic E-state index is 0.0461. The highest BCUT2D eigenvalue weighted by Crippen LogP contribution is 2.29. The zero-order valence-corrected chi connectivity index (χ0v) is 11.2.